The van der Waals surface area contributed by atoms with E-state index in [0.29, 0.717) is 5.92 Å². The Morgan fingerprint density at radius 1 is 1.44 bits per heavy atom. The lowest BCUT2D eigenvalue weighted by atomic mass is 9.76. The predicted octanol–water partition coefficient (Wildman–Crippen LogP) is 3.27. The summed E-state index contributed by atoms with van der Waals surface area (Å²) in [6.07, 6.45) is 4.72. The van der Waals surface area contributed by atoms with Gasteiger partial charge in [-0.25, -0.2) is 4.79 Å². The zero-order valence-electron chi connectivity index (χ0n) is 10.8. The van der Waals surface area contributed by atoms with Crippen molar-refractivity contribution in [3.05, 3.63) is 35.4 Å². The normalized spacial score (nSPS) is 16.2. The molecule has 0 atom stereocenters. The lowest BCUT2D eigenvalue weighted by molar-refractivity contribution is -0.131. The number of carbonyl (C=O) groups is 1. The van der Waals surface area contributed by atoms with E-state index in [0.717, 1.165) is 35.3 Å². The molecule has 1 aliphatic rings. The molecule has 0 heterocycles. The minimum Gasteiger partial charge on any atom is -0.496 e. The first-order valence-corrected chi connectivity index (χ1v) is 6.21. The Balaban J connectivity index is 2.36. The third kappa shape index (κ3) is 2.55. The summed E-state index contributed by atoms with van der Waals surface area (Å²) in [5.41, 5.74) is 2.98. The van der Waals surface area contributed by atoms with E-state index in [1.807, 2.05) is 25.1 Å². The zero-order valence-corrected chi connectivity index (χ0v) is 10.8. The van der Waals surface area contributed by atoms with Crippen molar-refractivity contribution in [1.29, 1.82) is 0 Å². The van der Waals surface area contributed by atoms with E-state index in [1.165, 1.54) is 12.5 Å². The lowest BCUT2D eigenvalue weighted by Gasteiger charge is -2.28. The van der Waals surface area contributed by atoms with Crippen molar-refractivity contribution in [2.45, 2.75) is 26.2 Å². The molecule has 0 saturated heterocycles. The summed E-state index contributed by atoms with van der Waals surface area (Å²) >= 11 is 0. The summed E-state index contributed by atoms with van der Waals surface area (Å²) in [6, 6.07) is 5.85. The highest BCUT2D eigenvalue weighted by Gasteiger charge is 2.24. The van der Waals surface area contributed by atoms with Crippen LogP contribution in [0.5, 0.6) is 5.75 Å². The molecule has 1 saturated carbocycles. The summed E-state index contributed by atoms with van der Waals surface area (Å²) in [7, 11) is 1.64. The van der Waals surface area contributed by atoms with Crippen molar-refractivity contribution >= 4 is 11.5 Å². The van der Waals surface area contributed by atoms with E-state index in [1.54, 1.807) is 7.11 Å². The molecule has 1 N–H and O–H groups in total. The van der Waals surface area contributed by atoms with Crippen LogP contribution >= 0.6 is 0 Å². The average molecular weight is 246 g/mol. The van der Waals surface area contributed by atoms with E-state index in [2.05, 4.69) is 0 Å². The van der Waals surface area contributed by atoms with Gasteiger partial charge in [0.15, 0.2) is 0 Å². The molecule has 0 aromatic heterocycles. The fourth-order valence-electron chi connectivity index (χ4n) is 2.35. The largest absolute Gasteiger partial charge is 0.496 e. The second-order valence-electron chi connectivity index (χ2n) is 4.75. The van der Waals surface area contributed by atoms with Gasteiger partial charge < -0.3 is 9.84 Å². The van der Waals surface area contributed by atoms with Crippen molar-refractivity contribution < 1.29 is 14.6 Å². The van der Waals surface area contributed by atoms with E-state index in [9.17, 15) is 4.79 Å². The van der Waals surface area contributed by atoms with Crippen LogP contribution in [0.1, 0.15) is 30.4 Å². The van der Waals surface area contributed by atoms with E-state index < -0.39 is 5.97 Å². The molecule has 1 aromatic rings. The number of aliphatic carboxylic acids is 1. The molecule has 0 radical (unpaired) electrons. The Bertz CT molecular complexity index is 485. The van der Waals surface area contributed by atoms with Crippen LogP contribution in [0.3, 0.4) is 0 Å². The highest BCUT2D eigenvalue weighted by atomic mass is 16.5. The van der Waals surface area contributed by atoms with Gasteiger partial charge in [-0.2, -0.15) is 0 Å². The number of carboxylic acid groups (broad SMARTS) is 1. The van der Waals surface area contributed by atoms with Crippen LogP contribution in [0.15, 0.2) is 24.3 Å². The number of hydrogen-bond acceptors (Lipinski definition) is 2. The second kappa shape index (κ2) is 5.25. The molecular formula is C15H18O3. The van der Waals surface area contributed by atoms with Gasteiger partial charge in [-0.15, -0.1) is 0 Å². The molecule has 96 valence electrons. The number of aryl methyl sites for hydroxylation is 1. The molecule has 18 heavy (non-hydrogen) atoms. The first-order valence-electron chi connectivity index (χ1n) is 6.21. The van der Waals surface area contributed by atoms with Gasteiger partial charge in [-0.3, -0.25) is 0 Å². The summed E-state index contributed by atoms with van der Waals surface area (Å²) in [4.78, 5) is 10.9. The van der Waals surface area contributed by atoms with Crippen LogP contribution in [0.25, 0.3) is 5.57 Å². The molecule has 1 aliphatic carbocycles. The third-order valence-corrected chi connectivity index (χ3v) is 3.55. The SMILES string of the molecule is COc1ccc(/C(=C/C(=O)O)C2CCC2)cc1C. The van der Waals surface area contributed by atoms with Gasteiger partial charge in [0.25, 0.3) is 0 Å². The molecule has 3 heteroatoms. The van der Waals surface area contributed by atoms with Crippen molar-refractivity contribution in [3.63, 3.8) is 0 Å². The standard InChI is InChI=1S/C15H18O3/c1-10-8-12(6-7-14(10)18-2)13(9-15(16)17)11-4-3-5-11/h6-9,11H,3-5H2,1-2H3,(H,16,17)/b13-9+. The Hall–Kier alpha value is -1.77. The Morgan fingerprint density at radius 3 is 2.61 bits per heavy atom. The van der Waals surface area contributed by atoms with Crippen molar-refractivity contribution in [1.82, 2.24) is 0 Å². The highest BCUT2D eigenvalue weighted by Crippen LogP contribution is 2.39. The monoisotopic (exact) mass is 246 g/mol. The number of methoxy groups -OCH3 is 1. The second-order valence-corrected chi connectivity index (χ2v) is 4.75. The van der Waals surface area contributed by atoms with E-state index >= 15 is 0 Å². The van der Waals surface area contributed by atoms with Crippen molar-refractivity contribution in [2.24, 2.45) is 5.92 Å². The van der Waals surface area contributed by atoms with Gasteiger partial charge in [0.2, 0.25) is 0 Å². The van der Waals surface area contributed by atoms with Gasteiger partial charge in [0, 0.05) is 6.08 Å². The Kier molecular flexibility index (Phi) is 3.70. The molecule has 0 bridgehead atoms. The van der Waals surface area contributed by atoms with Gasteiger partial charge in [-0.05, 0) is 54.5 Å². The summed E-state index contributed by atoms with van der Waals surface area (Å²) in [5, 5.41) is 8.98. The number of rotatable bonds is 4. The molecule has 0 aliphatic heterocycles. The summed E-state index contributed by atoms with van der Waals surface area (Å²) < 4.78 is 5.23. The van der Waals surface area contributed by atoms with Gasteiger partial charge >= 0.3 is 5.97 Å². The molecule has 0 amide bonds. The molecule has 0 spiro atoms. The Morgan fingerprint density at radius 2 is 2.17 bits per heavy atom. The topological polar surface area (TPSA) is 46.5 Å². The summed E-state index contributed by atoms with van der Waals surface area (Å²) in [6.45, 7) is 1.97. The van der Waals surface area contributed by atoms with Crippen molar-refractivity contribution in [3.8, 4) is 5.75 Å². The molecule has 2 rings (SSSR count). The van der Waals surface area contributed by atoms with Gasteiger partial charge in [0.1, 0.15) is 5.75 Å². The van der Waals surface area contributed by atoms with Crippen LogP contribution in [0.4, 0.5) is 0 Å². The molecule has 1 aromatic carbocycles. The average Bonchev–Trinajstić information content (AvgIpc) is 2.25. The van der Waals surface area contributed by atoms with E-state index in [4.69, 9.17) is 9.84 Å². The highest BCUT2D eigenvalue weighted by molar-refractivity contribution is 5.90. The minimum atomic E-state index is -0.870. The maximum Gasteiger partial charge on any atom is 0.328 e. The number of carboxylic acids is 1. The van der Waals surface area contributed by atoms with Gasteiger partial charge in [0.05, 0.1) is 7.11 Å². The number of benzene rings is 1. The molecular weight excluding hydrogens is 228 g/mol. The van der Waals surface area contributed by atoms with Crippen LogP contribution in [-0.2, 0) is 4.79 Å². The van der Waals surface area contributed by atoms with Crippen LogP contribution in [0.2, 0.25) is 0 Å². The number of ether oxygens (including phenoxy) is 1. The minimum absolute atomic E-state index is 0.397. The number of hydrogen-bond donors (Lipinski definition) is 1. The van der Waals surface area contributed by atoms with Crippen LogP contribution in [-0.4, -0.2) is 18.2 Å². The number of allylic oxidation sites excluding steroid dienone is 1. The molecule has 3 nitrogen and oxygen atoms in total. The fraction of sp³-hybridized carbons (Fsp3) is 0.400. The van der Waals surface area contributed by atoms with Crippen molar-refractivity contribution in [2.75, 3.05) is 7.11 Å². The van der Waals surface area contributed by atoms with Gasteiger partial charge in [-0.1, -0.05) is 12.5 Å². The Labute approximate surface area is 107 Å². The molecule has 0 unspecified atom stereocenters. The first kappa shape index (κ1) is 12.7. The predicted molar refractivity (Wildman–Crippen MR) is 70.7 cm³/mol. The van der Waals surface area contributed by atoms with Crippen LogP contribution < -0.4 is 4.74 Å². The zero-order chi connectivity index (χ0) is 13.1. The third-order valence-electron chi connectivity index (χ3n) is 3.55. The molecule has 1 fully saturated rings. The quantitative estimate of drug-likeness (QED) is 0.829. The lowest BCUT2D eigenvalue weighted by Crippen LogP contribution is -2.14. The first-order chi connectivity index (χ1) is 8.61. The van der Waals surface area contributed by atoms with E-state index in [-0.39, 0.29) is 0 Å². The fourth-order valence-corrected chi connectivity index (χ4v) is 2.35. The maximum absolute atomic E-state index is 10.9. The smallest absolute Gasteiger partial charge is 0.328 e. The maximum atomic E-state index is 10.9. The van der Waals surface area contributed by atoms with Crippen LogP contribution in [0, 0.1) is 12.8 Å². The summed E-state index contributed by atoms with van der Waals surface area (Å²) in [5.74, 6) is 0.362.